The number of halogens is 1. The molecule has 0 aliphatic carbocycles. The average molecular weight is 313 g/mol. The maximum atomic E-state index is 3.55. The van der Waals surface area contributed by atoms with E-state index in [1.54, 1.807) is 0 Å². The lowest BCUT2D eigenvalue weighted by Gasteiger charge is -2.01. The molecule has 0 atom stereocenters. The van der Waals surface area contributed by atoms with Gasteiger partial charge in [0.2, 0.25) is 0 Å². The summed E-state index contributed by atoms with van der Waals surface area (Å²) in [4.78, 5) is 0. The Labute approximate surface area is 124 Å². The molecule has 0 saturated heterocycles. The SMILES string of the molecule is CCCc1cc(Br)cc(C#Cc2cccc(C)c2)c1. The van der Waals surface area contributed by atoms with Gasteiger partial charge in [0.25, 0.3) is 0 Å². The highest BCUT2D eigenvalue weighted by molar-refractivity contribution is 9.10. The fourth-order valence-electron chi connectivity index (χ4n) is 2.02. The topological polar surface area (TPSA) is 0 Å². The Hall–Kier alpha value is -1.52. The second-order valence-electron chi connectivity index (χ2n) is 4.72. The second kappa shape index (κ2) is 6.59. The van der Waals surface area contributed by atoms with E-state index >= 15 is 0 Å². The van der Waals surface area contributed by atoms with Gasteiger partial charge in [0.05, 0.1) is 0 Å². The molecule has 0 amide bonds. The molecule has 2 aromatic carbocycles. The molecule has 0 nitrogen and oxygen atoms in total. The van der Waals surface area contributed by atoms with Crippen LogP contribution < -0.4 is 0 Å². The zero-order valence-corrected chi connectivity index (χ0v) is 12.9. The zero-order valence-electron chi connectivity index (χ0n) is 11.3. The van der Waals surface area contributed by atoms with Crippen molar-refractivity contribution in [3.63, 3.8) is 0 Å². The minimum Gasteiger partial charge on any atom is -0.0651 e. The summed E-state index contributed by atoms with van der Waals surface area (Å²) in [5.41, 5.74) is 4.72. The number of benzene rings is 2. The van der Waals surface area contributed by atoms with Crippen LogP contribution in [0.3, 0.4) is 0 Å². The second-order valence-corrected chi connectivity index (χ2v) is 5.63. The van der Waals surface area contributed by atoms with Crippen LogP contribution in [-0.4, -0.2) is 0 Å². The van der Waals surface area contributed by atoms with Gasteiger partial charge in [0, 0.05) is 15.6 Å². The van der Waals surface area contributed by atoms with Crippen molar-refractivity contribution in [1.82, 2.24) is 0 Å². The van der Waals surface area contributed by atoms with Crippen LogP contribution in [0.25, 0.3) is 0 Å². The van der Waals surface area contributed by atoms with E-state index in [2.05, 4.69) is 72.0 Å². The lowest BCUT2D eigenvalue weighted by Crippen LogP contribution is -1.86. The molecular formula is C18H17Br. The first-order valence-corrected chi connectivity index (χ1v) is 7.35. The predicted molar refractivity (Wildman–Crippen MR) is 85.3 cm³/mol. The van der Waals surface area contributed by atoms with Crippen molar-refractivity contribution in [3.8, 4) is 11.8 Å². The minimum atomic E-state index is 1.07. The van der Waals surface area contributed by atoms with Gasteiger partial charge in [-0.15, -0.1) is 0 Å². The van der Waals surface area contributed by atoms with E-state index in [0.29, 0.717) is 0 Å². The first-order chi connectivity index (χ1) is 9.17. The van der Waals surface area contributed by atoms with Crippen molar-refractivity contribution >= 4 is 15.9 Å². The fraction of sp³-hybridized carbons (Fsp3) is 0.222. The van der Waals surface area contributed by atoms with Crippen molar-refractivity contribution in [2.24, 2.45) is 0 Å². The Bertz CT molecular complexity index is 630. The molecule has 0 aromatic heterocycles. The van der Waals surface area contributed by atoms with E-state index in [4.69, 9.17) is 0 Å². The normalized spacial score (nSPS) is 9.84. The van der Waals surface area contributed by atoms with Gasteiger partial charge in [0.1, 0.15) is 0 Å². The quantitative estimate of drug-likeness (QED) is 0.676. The largest absolute Gasteiger partial charge is 0.0651 e. The van der Waals surface area contributed by atoms with Crippen molar-refractivity contribution < 1.29 is 0 Å². The van der Waals surface area contributed by atoms with Gasteiger partial charge in [-0.05, 0) is 54.8 Å². The molecule has 0 aliphatic rings. The van der Waals surface area contributed by atoms with Gasteiger partial charge in [-0.25, -0.2) is 0 Å². The summed E-state index contributed by atoms with van der Waals surface area (Å²) in [6.07, 6.45) is 2.25. The number of rotatable bonds is 2. The average Bonchev–Trinajstić information content (AvgIpc) is 2.36. The third kappa shape index (κ3) is 4.26. The molecule has 19 heavy (non-hydrogen) atoms. The van der Waals surface area contributed by atoms with Crippen molar-refractivity contribution in [2.45, 2.75) is 26.7 Å². The van der Waals surface area contributed by atoms with E-state index < -0.39 is 0 Å². The molecule has 0 heterocycles. The van der Waals surface area contributed by atoms with Crippen LogP contribution in [0.4, 0.5) is 0 Å². The van der Waals surface area contributed by atoms with E-state index in [1.807, 2.05) is 12.1 Å². The zero-order chi connectivity index (χ0) is 13.7. The van der Waals surface area contributed by atoms with E-state index in [9.17, 15) is 0 Å². The maximum absolute atomic E-state index is 3.55. The maximum Gasteiger partial charge on any atom is 0.0262 e. The Kier molecular flexibility index (Phi) is 4.82. The summed E-state index contributed by atoms with van der Waals surface area (Å²) in [7, 11) is 0. The summed E-state index contributed by atoms with van der Waals surface area (Å²) < 4.78 is 1.10. The van der Waals surface area contributed by atoms with Gasteiger partial charge < -0.3 is 0 Å². The Morgan fingerprint density at radius 3 is 2.53 bits per heavy atom. The molecule has 0 N–H and O–H groups in total. The molecule has 0 aliphatic heterocycles. The molecular weight excluding hydrogens is 296 g/mol. The molecule has 0 bridgehead atoms. The molecule has 0 fully saturated rings. The first-order valence-electron chi connectivity index (χ1n) is 6.55. The molecule has 0 radical (unpaired) electrons. The smallest absolute Gasteiger partial charge is 0.0262 e. The summed E-state index contributed by atoms with van der Waals surface area (Å²) >= 11 is 3.55. The summed E-state index contributed by atoms with van der Waals surface area (Å²) in [5, 5.41) is 0. The van der Waals surface area contributed by atoms with Crippen LogP contribution in [0.15, 0.2) is 46.9 Å². The Morgan fingerprint density at radius 2 is 1.79 bits per heavy atom. The van der Waals surface area contributed by atoms with Crippen LogP contribution in [0, 0.1) is 18.8 Å². The monoisotopic (exact) mass is 312 g/mol. The Morgan fingerprint density at radius 1 is 1.00 bits per heavy atom. The van der Waals surface area contributed by atoms with Crippen molar-refractivity contribution in [3.05, 3.63) is 69.2 Å². The van der Waals surface area contributed by atoms with Crippen molar-refractivity contribution in [2.75, 3.05) is 0 Å². The van der Waals surface area contributed by atoms with Gasteiger partial charge in [-0.3, -0.25) is 0 Å². The highest BCUT2D eigenvalue weighted by Crippen LogP contribution is 2.16. The van der Waals surface area contributed by atoms with Crippen LogP contribution >= 0.6 is 15.9 Å². The standard InChI is InChI=1S/C18H17Br/c1-3-5-16-11-17(13-18(19)12-16)9-8-15-7-4-6-14(2)10-15/h4,6-7,10-13H,3,5H2,1-2H3. The predicted octanol–water partition coefficient (Wildman–Crippen LogP) is 5.11. The Balaban J connectivity index is 2.28. The molecule has 2 rings (SSSR count). The fourth-order valence-corrected chi connectivity index (χ4v) is 2.56. The van der Waals surface area contributed by atoms with Crippen LogP contribution in [0.1, 0.15) is 35.6 Å². The lowest BCUT2D eigenvalue weighted by atomic mass is 10.1. The number of hydrogen-bond donors (Lipinski definition) is 0. The third-order valence-corrected chi connectivity index (χ3v) is 3.32. The summed E-state index contributed by atoms with van der Waals surface area (Å²) in [6, 6.07) is 14.7. The minimum absolute atomic E-state index is 1.07. The molecule has 0 spiro atoms. The lowest BCUT2D eigenvalue weighted by molar-refractivity contribution is 0.920. The van der Waals surface area contributed by atoms with Gasteiger partial charge in [-0.2, -0.15) is 0 Å². The molecule has 2 aromatic rings. The summed E-state index contributed by atoms with van der Waals surface area (Å²) in [6.45, 7) is 4.28. The molecule has 0 saturated carbocycles. The molecule has 96 valence electrons. The van der Waals surface area contributed by atoms with E-state index in [-0.39, 0.29) is 0 Å². The number of aryl methyl sites for hydroxylation is 2. The van der Waals surface area contributed by atoms with Crippen LogP contribution in [-0.2, 0) is 6.42 Å². The van der Waals surface area contributed by atoms with Gasteiger partial charge in [-0.1, -0.05) is 53.2 Å². The highest BCUT2D eigenvalue weighted by Gasteiger charge is 1.97. The number of hydrogen-bond acceptors (Lipinski definition) is 0. The van der Waals surface area contributed by atoms with E-state index in [1.165, 1.54) is 11.1 Å². The third-order valence-electron chi connectivity index (χ3n) is 2.87. The first kappa shape index (κ1) is 13.9. The van der Waals surface area contributed by atoms with Crippen LogP contribution in [0.5, 0.6) is 0 Å². The van der Waals surface area contributed by atoms with Gasteiger partial charge in [0.15, 0.2) is 0 Å². The van der Waals surface area contributed by atoms with Crippen molar-refractivity contribution in [1.29, 1.82) is 0 Å². The molecule has 1 heteroatoms. The van der Waals surface area contributed by atoms with E-state index in [0.717, 1.165) is 28.4 Å². The highest BCUT2D eigenvalue weighted by atomic mass is 79.9. The van der Waals surface area contributed by atoms with Crippen LogP contribution in [0.2, 0.25) is 0 Å². The molecule has 0 unspecified atom stereocenters. The van der Waals surface area contributed by atoms with Gasteiger partial charge >= 0.3 is 0 Å². The summed E-state index contributed by atoms with van der Waals surface area (Å²) in [5.74, 6) is 6.48.